The Morgan fingerprint density at radius 1 is 1.40 bits per heavy atom. The van der Waals surface area contributed by atoms with Crippen LogP contribution in [0.2, 0.25) is 0 Å². The van der Waals surface area contributed by atoms with Crippen molar-refractivity contribution in [2.45, 2.75) is 50.5 Å². The lowest BCUT2D eigenvalue weighted by atomic mass is 9.85. The van der Waals surface area contributed by atoms with Crippen LogP contribution < -0.4 is 16.9 Å². The van der Waals surface area contributed by atoms with Gasteiger partial charge >= 0.3 is 0 Å². The van der Waals surface area contributed by atoms with E-state index in [-0.39, 0.29) is 5.54 Å². The number of aliphatic hydroxyl groups excluding tert-OH is 1. The Hall–Kier alpha value is -1.83. The van der Waals surface area contributed by atoms with E-state index >= 15 is 0 Å². The molecular weight excluding hydrogens is 316 g/mol. The molecule has 138 valence electrons. The Kier molecular flexibility index (Phi) is 5.46. The second-order valence-corrected chi connectivity index (χ2v) is 7.22. The van der Waals surface area contributed by atoms with Crippen molar-refractivity contribution in [3.05, 3.63) is 23.5 Å². The van der Waals surface area contributed by atoms with Crippen LogP contribution in [0.4, 0.5) is 5.82 Å². The van der Waals surface area contributed by atoms with Crippen LogP contribution in [0.5, 0.6) is 0 Å². The maximum Gasteiger partial charge on any atom is 0.141 e. The van der Waals surface area contributed by atoms with E-state index in [0.29, 0.717) is 12.5 Å². The van der Waals surface area contributed by atoms with Crippen molar-refractivity contribution >= 4 is 17.9 Å². The number of allylic oxidation sites excluding steroid dienone is 1. The Bertz CT molecular complexity index is 634. The normalized spacial score (nSPS) is 23.6. The van der Waals surface area contributed by atoms with Crippen LogP contribution in [0.15, 0.2) is 23.0 Å². The van der Waals surface area contributed by atoms with Gasteiger partial charge < -0.3 is 21.1 Å². The van der Waals surface area contributed by atoms with Gasteiger partial charge in [-0.15, -0.1) is 0 Å². The molecule has 2 saturated carbocycles. The predicted molar refractivity (Wildman–Crippen MR) is 101 cm³/mol. The highest BCUT2D eigenvalue weighted by atomic mass is 16.3. The summed E-state index contributed by atoms with van der Waals surface area (Å²) in [6, 6.07) is 1.98. The first-order valence-corrected chi connectivity index (χ1v) is 9.15. The van der Waals surface area contributed by atoms with Crippen LogP contribution in [0.3, 0.4) is 0 Å². The number of nitrogens with two attached hydrogens (primary N) is 2. The largest absolute Gasteiger partial charge is 0.400 e. The number of aliphatic imine (C=N–C) groups is 1. The quantitative estimate of drug-likeness (QED) is 0.535. The van der Waals surface area contributed by atoms with Crippen molar-refractivity contribution in [3.8, 4) is 0 Å². The van der Waals surface area contributed by atoms with Gasteiger partial charge in [0.05, 0.1) is 12.3 Å². The van der Waals surface area contributed by atoms with Gasteiger partial charge in [0.25, 0.3) is 0 Å². The third-order valence-electron chi connectivity index (χ3n) is 5.55. The van der Waals surface area contributed by atoms with Crippen LogP contribution in [0.1, 0.15) is 50.5 Å². The fourth-order valence-corrected chi connectivity index (χ4v) is 3.52. The monoisotopic (exact) mass is 346 g/mol. The number of nitrogens with one attached hydrogen (secondary N) is 2. The second-order valence-electron chi connectivity index (χ2n) is 7.22. The summed E-state index contributed by atoms with van der Waals surface area (Å²) in [7, 11) is 1.89. The number of aliphatic hydroxyl groups is 1. The van der Waals surface area contributed by atoms with Crippen molar-refractivity contribution in [1.29, 1.82) is 0 Å². The van der Waals surface area contributed by atoms with Crippen molar-refractivity contribution in [2.75, 3.05) is 13.7 Å². The van der Waals surface area contributed by atoms with Crippen LogP contribution >= 0.6 is 0 Å². The molecule has 7 heteroatoms. The fourth-order valence-electron chi connectivity index (χ4n) is 3.52. The van der Waals surface area contributed by atoms with Gasteiger partial charge in [-0.2, -0.15) is 0 Å². The zero-order chi connectivity index (χ0) is 17.9. The fraction of sp³-hybridized carbons (Fsp3) is 0.611. The molecule has 25 heavy (non-hydrogen) atoms. The first-order chi connectivity index (χ1) is 12.1. The lowest BCUT2D eigenvalue weighted by molar-refractivity contribution is 0.237. The third kappa shape index (κ3) is 3.89. The molecule has 0 aromatic carbocycles. The van der Waals surface area contributed by atoms with Crippen molar-refractivity contribution in [3.63, 3.8) is 0 Å². The molecule has 1 aliphatic heterocycles. The minimum atomic E-state index is 0.139. The number of aromatic amines is 1. The van der Waals surface area contributed by atoms with Gasteiger partial charge in [0.15, 0.2) is 0 Å². The SMILES string of the molecule is CNC1(CO)CC1.N/C(=C1/c2cc[nH]c2N=CN1N)C1CCCCC1. The predicted octanol–water partition coefficient (Wildman–Crippen LogP) is 1.80. The Balaban J connectivity index is 0.000000219. The average Bonchev–Trinajstić information content (AvgIpc) is 3.31. The Morgan fingerprint density at radius 3 is 2.68 bits per heavy atom. The lowest BCUT2D eigenvalue weighted by Crippen LogP contribution is -2.33. The van der Waals surface area contributed by atoms with E-state index < -0.39 is 0 Å². The third-order valence-corrected chi connectivity index (χ3v) is 5.55. The molecule has 7 N–H and O–H groups in total. The molecule has 0 unspecified atom stereocenters. The van der Waals surface area contributed by atoms with Gasteiger partial charge in [-0.05, 0) is 38.8 Å². The van der Waals surface area contributed by atoms with E-state index in [4.69, 9.17) is 16.7 Å². The van der Waals surface area contributed by atoms with E-state index in [1.54, 1.807) is 11.3 Å². The summed E-state index contributed by atoms with van der Waals surface area (Å²) in [6.45, 7) is 0.295. The van der Waals surface area contributed by atoms with E-state index in [1.807, 2.05) is 19.3 Å². The highest BCUT2D eigenvalue weighted by molar-refractivity contribution is 5.86. The molecule has 7 nitrogen and oxygen atoms in total. The topological polar surface area (TPSA) is 116 Å². The summed E-state index contributed by atoms with van der Waals surface area (Å²) >= 11 is 0. The van der Waals surface area contributed by atoms with Gasteiger partial charge in [0.1, 0.15) is 12.2 Å². The number of hydrogen-bond donors (Lipinski definition) is 5. The van der Waals surface area contributed by atoms with Crippen molar-refractivity contribution in [1.82, 2.24) is 15.3 Å². The highest BCUT2D eigenvalue weighted by Crippen LogP contribution is 2.36. The highest BCUT2D eigenvalue weighted by Gasteiger charge is 2.39. The van der Waals surface area contributed by atoms with Crippen LogP contribution in [0, 0.1) is 5.92 Å². The summed E-state index contributed by atoms with van der Waals surface area (Å²) < 4.78 is 0. The smallest absolute Gasteiger partial charge is 0.141 e. The van der Waals surface area contributed by atoms with Gasteiger partial charge in [-0.3, -0.25) is 5.01 Å². The molecule has 0 spiro atoms. The molecule has 0 amide bonds. The summed E-state index contributed by atoms with van der Waals surface area (Å²) in [6.07, 6.45) is 11.9. The van der Waals surface area contributed by atoms with Crippen LogP contribution in [-0.4, -0.2) is 40.6 Å². The summed E-state index contributed by atoms with van der Waals surface area (Å²) in [5.74, 6) is 7.28. The number of hydrazine groups is 1. The number of hydrogen-bond acceptors (Lipinski definition) is 6. The van der Waals surface area contributed by atoms with Crippen molar-refractivity contribution < 1.29 is 5.11 Å². The molecule has 3 aliphatic rings. The van der Waals surface area contributed by atoms with Gasteiger partial charge in [-0.25, -0.2) is 10.8 Å². The minimum Gasteiger partial charge on any atom is -0.400 e. The number of rotatable bonds is 3. The number of H-pyrrole nitrogens is 1. The van der Waals surface area contributed by atoms with E-state index in [0.717, 1.165) is 35.6 Å². The standard InChI is InChI=1S/C13H19N5.C5H11NO/c14-11(9-4-2-1-3-5-9)12-10-6-7-16-13(10)17-8-18(12)15;1-6-5(4-7)2-3-5/h6-9,16H,1-5,14-15H2;6-7H,2-4H2,1H3/b12-11-;. The maximum atomic E-state index is 8.59. The molecule has 0 atom stereocenters. The van der Waals surface area contributed by atoms with Gasteiger partial charge in [0.2, 0.25) is 0 Å². The number of nitrogens with zero attached hydrogens (tertiary/aromatic N) is 2. The molecule has 2 aliphatic carbocycles. The Morgan fingerprint density at radius 2 is 2.12 bits per heavy atom. The molecule has 0 bridgehead atoms. The van der Waals surface area contributed by atoms with E-state index in [1.165, 1.54) is 32.1 Å². The zero-order valence-electron chi connectivity index (χ0n) is 15.0. The van der Waals surface area contributed by atoms with E-state index in [9.17, 15) is 0 Å². The minimum absolute atomic E-state index is 0.139. The van der Waals surface area contributed by atoms with E-state index in [2.05, 4.69) is 15.3 Å². The number of likely N-dealkylation sites (N-methyl/N-ethyl adjacent to an activating group) is 1. The zero-order valence-corrected chi connectivity index (χ0v) is 15.0. The molecule has 0 saturated heterocycles. The molecule has 1 aromatic rings. The van der Waals surface area contributed by atoms with Crippen molar-refractivity contribution in [2.24, 2.45) is 22.5 Å². The lowest BCUT2D eigenvalue weighted by Gasteiger charge is -2.28. The first kappa shape index (κ1) is 18.0. The number of aromatic nitrogens is 1. The Labute approximate surface area is 149 Å². The van der Waals surface area contributed by atoms with Gasteiger partial charge in [0, 0.05) is 28.9 Å². The summed E-state index contributed by atoms with van der Waals surface area (Å²) in [5, 5.41) is 13.2. The molecule has 1 aromatic heterocycles. The van der Waals surface area contributed by atoms with Gasteiger partial charge in [-0.1, -0.05) is 19.3 Å². The van der Waals surface area contributed by atoms with Crippen LogP contribution in [0.25, 0.3) is 5.70 Å². The summed E-state index contributed by atoms with van der Waals surface area (Å²) in [4.78, 5) is 7.34. The first-order valence-electron chi connectivity index (χ1n) is 9.15. The molecule has 4 rings (SSSR count). The molecular formula is C18H30N6O. The van der Waals surface area contributed by atoms with Crippen LogP contribution in [-0.2, 0) is 0 Å². The molecule has 0 radical (unpaired) electrons. The summed E-state index contributed by atoms with van der Waals surface area (Å²) in [5.41, 5.74) is 9.33. The molecule has 2 heterocycles. The second kappa shape index (κ2) is 7.59. The maximum absolute atomic E-state index is 8.59. The average molecular weight is 346 g/mol. The molecule has 2 fully saturated rings. The number of fused-ring (bicyclic) bond motifs is 1.